The maximum atomic E-state index is 5.69. The Labute approximate surface area is 106 Å². The van der Waals surface area contributed by atoms with E-state index in [0.717, 1.165) is 18.8 Å². The van der Waals surface area contributed by atoms with E-state index in [1.807, 2.05) is 0 Å². The molecule has 0 aliphatic heterocycles. The van der Waals surface area contributed by atoms with Gasteiger partial charge in [-0.2, -0.15) is 0 Å². The number of hydrogen-bond acceptors (Lipinski definition) is 1. The van der Waals surface area contributed by atoms with Gasteiger partial charge in [-0.15, -0.1) is 0 Å². The van der Waals surface area contributed by atoms with E-state index in [1.54, 1.807) is 0 Å². The second-order valence-electron chi connectivity index (χ2n) is 4.66. The number of aryl methyl sites for hydroxylation is 1. The predicted molar refractivity (Wildman–Crippen MR) is 74.7 cm³/mol. The lowest BCUT2D eigenvalue weighted by Crippen LogP contribution is -1.97. The Bertz CT molecular complexity index is 276. The van der Waals surface area contributed by atoms with E-state index in [-0.39, 0.29) is 0 Å². The van der Waals surface area contributed by atoms with Crippen molar-refractivity contribution in [3.05, 3.63) is 29.8 Å². The van der Waals surface area contributed by atoms with Crippen molar-refractivity contribution in [2.24, 2.45) is 0 Å². The van der Waals surface area contributed by atoms with Gasteiger partial charge in [-0.05, 0) is 37.0 Å². The molecule has 0 aromatic heterocycles. The molecule has 1 nitrogen and oxygen atoms in total. The van der Waals surface area contributed by atoms with Crippen LogP contribution in [-0.2, 0) is 6.42 Å². The van der Waals surface area contributed by atoms with Crippen molar-refractivity contribution in [3.63, 3.8) is 0 Å². The standard InChI is InChI=1S/C16H26O/c1-3-5-7-9-15-10-12-16(13-11-15)17-14-8-6-4-2/h10-13H,3-9,14H2,1-2H3. The molecule has 0 spiro atoms. The molecule has 0 radical (unpaired) electrons. The smallest absolute Gasteiger partial charge is 0.119 e. The third-order valence-electron chi connectivity index (χ3n) is 3.01. The van der Waals surface area contributed by atoms with Crippen LogP contribution in [0.2, 0.25) is 0 Å². The molecule has 0 unspecified atom stereocenters. The van der Waals surface area contributed by atoms with E-state index in [9.17, 15) is 0 Å². The highest BCUT2D eigenvalue weighted by Gasteiger charge is 1.96. The molecule has 0 heterocycles. The Hall–Kier alpha value is -0.980. The first kappa shape index (κ1) is 14.1. The first-order chi connectivity index (χ1) is 8.36. The minimum Gasteiger partial charge on any atom is -0.494 e. The summed E-state index contributed by atoms with van der Waals surface area (Å²) in [6.07, 6.45) is 8.79. The molecule has 17 heavy (non-hydrogen) atoms. The lowest BCUT2D eigenvalue weighted by atomic mass is 10.1. The van der Waals surface area contributed by atoms with Crippen LogP contribution in [0.3, 0.4) is 0 Å². The van der Waals surface area contributed by atoms with E-state index in [0.29, 0.717) is 0 Å². The van der Waals surface area contributed by atoms with Gasteiger partial charge in [0.05, 0.1) is 6.61 Å². The molecule has 1 rings (SSSR count). The predicted octanol–water partition coefficient (Wildman–Crippen LogP) is 4.99. The molecular formula is C16H26O. The summed E-state index contributed by atoms with van der Waals surface area (Å²) in [7, 11) is 0. The zero-order valence-corrected chi connectivity index (χ0v) is 11.4. The second kappa shape index (κ2) is 9.09. The number of rotatable bonds is 9. The summed E-state index contributed by atoms with van der Waals surface area (Å²) in [4.78, 5) is 0. The van der Waals surface area contributed by atoms with Gasteiger partial charge in [0.25, 0.3) is 0 Å². The molecule has 1 aromatic rings. The van der Waals surface area contributed by atoms with Crippen molar-refractivity contribution >= 4 is 0 Å². The fourth-order valence-corrected chi connectivity index (χ4v) is 1.87. The Balaban J connectivity index is 2.24. The Morgan fingerprint density at radius 1 is 0.824 bits per heavy atom. The van der Waals surface area contributed by atoms with Crippen molar-refractivity contribution in [2.45, 2.75) is 58.8 Å². The van der Waals surface area contributed by atoms with Gasteiger partial charge < -0.3 is 4.74 Å². The third kappa shape index (κ3) is 6.35. The number of hydrogen-bond donors (Lipinski definition) is 0. The Morgan fingerprint density at radius 3 is 2.12 bits per heavy atom. The van der Waals surface area contributed by atoms with Gasteiger partial charge in [-0.25, -0.2) is 0 Å². The maximum Gasteiger partial charge on any atom is 0.119 e. The average Bonchev–Trinajstić information content (AvgIpc) is 2.37. The van der Waals surface area contributed by atoms with Gasteiger partial charge in [0.2, 0.25) is 0 Å². The van der Waals surface area contributed by atoms with Crippen LogP contribution >= 0.6 is 0 Å². The topological polar surface area (TPSA) is 9.23 Å². The van der Waals surface area contributed by atoms with Crippen LogP contribution in [0.1, 0.15) is 57.9 Å². The molecule has 0 aliphatic rings. The molecular weight excluding hydrogens is 208 g/mol. The van der Waals surface area contributed by atoms with E-state index in [4.69, 9.17) is 4.74 Å². The highest BCUT2D eigenvalue weighted by Crippen LogP contribution is 2.14. The van der Waals surface area contributed by atoms with Crippen molar-refractivity contribution < 1.29 is 4.74 Å². The fraction of sp³-hybridized carbons (Fsp3) is 0.625. The van der Waals surface area contributed by atoms with E-state index >= 15 is 0 Å². The summed E-state index contributed by atoms with van der Waals surface area (Å²) in [5, 5.41) is 0. The van der Waals surface area contributed by atoms with Crippen LogP contribution < -0.4 is 4.74 Å². The molecule has 0 amide bonds. The maximum absolute atomic E-state index is 5.69. The number of benzene rings is 1. The van der Waals surface area contributed by atoms with Crippen molar-refractivity contribution in [1.82, 2.24) is 0 Å². The van der Waals surface area contributed by atoms with Gasteiger partial charge in [0.15, 0.2) is 0 Å². The van der Waals surface area contributed by atoms with Crippen LogP contribution in [0, 0.1) is 0 Å². The monoisotopic (exact) mass is 234 g/mol. The van der Waals surface area contributed by atoms with Crippen molar-refractivity contribution in [2.75, 3.05) is 6.61 Å². The first-order valence-corrected chi connectivity index (χ1v) is 7.08. The van der Waals surface area contributed by atoms with Crippen LogP contribution in [0.4, 0.5) is 0 Å². The summed E-state index contributed by atoms with van der Waals surface area (Å²) in [5.74, 6) is 1.01. The van der Waals surface area contributed by atoms with E-state index in [2.05, 4.69) is 38.1 Å². The Morgan fingerprint density at radius 2 is 1.47 bits per heavy atom. The number of ether oxygens (including phenoxy) is 1. The van der Waals surface area contributed by atoms with Crippen molar-refractivity contribution in [3.8, 4) is 5.75 Å². The third-order valence-corrected chi connectivity index (χ3v) is 3.01. The van der Waals surface area contributed by atoms with Crippen molar-refractivity contribution in [1.29, 1.82) is 0 Å². The average molecular weight is 234 g/mol. The molecule has 0 saturated heterocycles. The number of unbranched alkanes of at least 4 members (excludes halogenated alkanes) is 4. The highest BCUT2D eigenvalue weighted by atomic mass is 16.5. The fourth-order valence-electron chi connectivity index (χ4n) is 1.87. The van der Waals surface area contributed by atoms with Crippen LogP contribution in [-0.4, -0.2) is 6.61 Å². The zero-order valence-electron chi connectivity index (χ0n) is 11.4. The highest BCUT2D eigenvalue weighted by molar-refractivity contribution is 5.27. The van der Waals surface area contributed by atoms with E-state index < -0.39 is 0 Å². The van der Waals surface area contributed by atoms with Gasteiger partial charge in [0.1, 0.15) is 5.75 Å². The van der Waals surface area contributed by atoms with Crippen LogP contribution in [0.15, 0.2) is 24.3 Å². The van der Waals surface area contributed by atoms with Gasteiger partial charge in [-0.3, -0.25) is 0 Å². The molecule has 1 aromatic carbocycles. The molecule has 1 heteroatoms. The quantitative estimate of drug-likeness (QED) is 0.547. The lowest BCUT2D eigenvalue weighted by Gasteiger charge is -2.06. The van der Waals surface area contributed by atoms with E-state index in [1.165, 1.54) is 44.1 Å². The zero-order chi connectivity index (χ0) is 12.3. The molecule has 0 aliphatic carbocycles. The minimum absolute atomic E-state index is 0.850. The largest absolute Gasteiger partial charge is 0.494 e. The Kier molecular flexibility index (Phi) is 7.53. The van der Waals surface area contributed by atoms with Gasteiger partial charge in [0, 0.05) is 0 Å². The second-order valence-corrected chi connectivity index (χ2v) is 4.66. The van der Waals surface area contributed by atoms with Gasteiger partial charge in [-0.1, -0.05) is 51.7 Å². The molecule has 96 valence electrons. The first-order valence-electron chi connectivity index (χ1n) is 7.08. The normalized spacial score (nSPS) is 10.5. The van der Waals surface area contributed by atoms with Gasteiger partial charge >= 0.3 is 0 Å². The lowest BCUT2D eigenvalue weighted by molar-refractivity contribution is 0.306. The van der Waals surface area contributed by atoms with Crippen LogP contribution in [0.5, 0.6) is 5.75 Å². The summed E-state index contributed by atoms with van der Waals surface area (Å²) in [5.41, 5.74) is 1.43. The summed E-state index contributed by atoms with van der Waals surface area (Å²) in [6, 6.07) is 8.61. The molecule has 0 atom stereocenters. The summed E-state index contributed by atoms with van der Waals surface area (Å²) >= 11 is 0. The minimum atomic E-state index is 0.850. The SMILES string of the molecule is CCCCCOc1ccc(CCCCC)cc1. The molecule has 0 saturated carbocycles. The van der Waals surface area contributed by atoms with Crippen LogP contribution in [0.25, 0.3) is 0 Å². The molecule has 0 fully saturated rings. The molecule has 0 N–H and O–H groups in total. The molecule has 0 bridgehead atoms. The summed E-state index contributed by atoms with van der Waals surface area (Å²) in [6.45, 7) is 5.31. The summed E-state index contributed by atoms with van der Waals surface area (Å²) < 4.78 is 5.69.